The van der Waals surface area contributed by atoms with E-state index >= 15 is 0 Å². The van der Waals surface area contributed by atoms with Gasteiger partial charge in [-0.3, -0.25) is 0 Å². The highest BCUT2D eigenvalue weighted by Gasteiger charge is 2.37. The van der Waals surface area contributed by atoms with Crippen molar-refractivity contribution in [2.75, 3.05) is 13.7 Å². The first kappa shape index (κ1) is 9.00. The highest BCUT2D eigenvalue weighted by Crippen LogP contribution is 2.38. The molecule has 1 spiro atoms. The molecule has 0 aromatic rings. The molecule has 1 aliphatic carbocycles. The lowest BCUT2D eigenvalue weighted by atomic mass is 9.82. The van der Waals surface area contributed by atoms with Crippen molar-refractivity contribution < 1.29 is 9.57 Å². The Morgan fingerprint density at radius 1 is 1.31 bits per heavy atom. The Hall–Kier alpha value is -0.570. The van der Waals surface area contributed by atoms with E-state index in [0.717, 1.165) is 32.3 Å². The topological polar surface area (TPSA) is 30.8 Å². The number of hydrogen-bond donors (Lipinski definition) is 0. The van der Waals surface area contributed by atoms with Gasteiger partial charge in [0.05, 0.1) is 11.3 Å². The summed E-state index contributed by atoms with van der Waals surface area (Å²) >= 11 is 0. The van der Waals surface area contributed by atoms with Crippen LogP contribution in [0.2, 0.25) is 0 Å². The lowest BCUT2D eigenvalue weighted by molar-refractivity contribution is -0.0118. The summed E-state index contributed by atoms with van der Waals surface area (Å²) < 4.78 is 5.81. The Morgan fingerprint density at radius 2 is 2.08 bits per heavy atom. The van der Waals surface area contributed by atoms with Crippen LogP contribution in [-0.4, -0.2) is 25.0 Å². The molecule has 2 rings (SSSR count). The summed E-state index contributed by atoms with van der Waals surface area (Å²) in [6.45, 7) is 0.955. The van der Waals surface area contributed by atoms with Gasteiger partial charge in [-0.1, -0.05) is 5.16 Å². The summed E-state index contributed by atoms with van der Waals surface area (Å²) in [5, 5.41) is 4.00. The first-order valence-corrected chi connectivity index (χ1v) is 5.07. The maximum atomic E-state index is 5.81. The van der Waals surface area contributed by atoms with Gasteiger partial charge in [0.25, 0.3) is 0 Å². The van der Waals surface area contributed by atoms with E-state index in [-0.39, 0.29) is 5.60 Å². The minimum Gasteiger partial charge on any atom is -0.399 e. The van der Waals surface area contributed by atoms with E-state index in [9.17, 15) is 0 Å². The second-order valence-corrected chi connectivity index (χ2v) is 3.98. The molecule has 0 aromatic heterocycles. The zero-order valence-corrected chi connectivity index (χ0v) is 8.21. The average Bonchev–Trinajstić information content (AvgIpc) is 2.59. The molecule has 74 valence electrons. The lowest BCUT2D eigenvalue weighted by Crippen LogP contribution is -2.33. The molecular weight excluding hydrogens is 166 g/mol. The fourth-order valence-electron chi connectivity index (χ4n) is 2.36. The van der Waals surface area contributed by atoms with Crippen LogP contribution in [0.1, 0.15) is 38.5 Å². The quantitative estimate of drug-likeness (QED) is 0.583. The van der Waals surface area contributed by atoms with E-state index in [1.54, 1.807) is 7.11 Å². The van der Waals surface area contributed by atoms with E-state index in [1.807, 2.05) is 0 Å². The van der Waals surface area contributed by atoms with Crippen molar-refractivity contribution in [3.8, 4) is 0 Å². The van der Waals surface area contributed by atoms with Crippen LogP contribution in [0.3, 0.4) is 0 Å². The normalized spacial score (nSPS) is 33.8. The molecule has 0 N–H and O–H groups in total. The Balaban J connectivity index is 1.91. The summed E-state index contributed by atoms with van der Waals surface area (Å²) in [5.74, 6) is 0. The van der Waals surface area contributed by atoms with Crippen LogP contribution in [0.4, 0.5) is 0 Å². The van der Waals surface area contributed by atoms with E-state index in [1.165, 1.54) is 18.6 Å². The first-order valence-electron chi connectivity index (χ1n) is 5.07. The van der Waals surface area contributed by atoms with Gasteiger partial charge in [-0.15, -0.1) is 0 Å². The maximum absolute atomic E-state index is 5.81. The zero-order chi connectivity index (χ0) is 9.15. The minimum absolute atomic E-state index is 0.215. The van der Waals surface area contributed by atoms with Crippen molar-refractivity contribution in [3.63, 3.8) is 0 Å². The van der Waals surface area contributed by atoms with Crippen LogP contribution in [0.15, 0.2) is 5.16 Å². The van der Waals surface area contributed by atoms with Crippen molar-refractivity contribution in [2.45, 2.75) is 44.1 Å². The van der Waals surface area contributed by atoms with Crippen LogP contribution in [0, 0.1) is 0 Å². The zero-order valence-electron chi connectivity index (χ0n) is 8.21. The average molecular weight is 183 g/mol. The summed E-state index contributed by atoms with van der Waals surface area (Å²) in [6, 6.07) is 0. The van der Waals surface area contributed by atoms with Crippen LogP contribution in [0.25, 0.3) is 0 Å². The van der Waals surface area contributed by atoms with Gasteiger partial charge in [0.15, 0.2) is 0 Å². The third-order valence-electron chi connectivity index (χ3n) is 3.14. The van der Waals surface area contributed by atoms with Crippen LogP contribution < -0.4 is 0 Å². The molecule has 3 heteroatoms. The Labute approximate surface area is 79.1 Å². The van der Waals surface area contributed by atoms with Crippen LogP contribution in [-0.2, 0) is 9.57 Å². The minimum atomic E-state index is 0.215. The number of hydrogen-bond acceptors (Lipinski definition) is 3. The fraction of sp³-hybridized carbons (Fsp3) is 0.900. The van der Waals surface area contributed by atoms with Gasteiger partial charge in [0, 0.05) is 6.61 Å². The Kier molecular flexibility index (Phi) is 2.54. The van der Waals surface area contributed by atoms with E-state index in [2.05, 4.69) is 5.16 Å². The molecule has 0 atom stereocenters. The van der Waals surface area contributed by atoms with Crippen molar-refractivity contribution in [1.29, 1.82) is 0 Å². The molecule has 1 heterocycles. The van der Waals surface area contributed by atoms with Gasteiger partial charge >= 0.3 is 0 Å². The van der Waals surface area contributed by atoms with Gasteiger partial charge in [-0.25, -0.2) is 0 Å². The molecule has 0 bridgehead atoms. The standard InChI is InChI=1S/C10H17NO2/c1-12-11-9-3-6-10(7-4-9)5-2-8-13-10/h2-8H2,1H3. The molecule has 1 saturated heterocycles. The summed E-state index contributed by atoms with van der Waals surface area (Å²) in [4.78, 5) is 4.78. The summed E-state index contributed by atoms with van der Waals surface area (Å²) in [7, 11) is 1.61. The van der Waals surface area contributed by atoms with E-state index in [4.69, 9.17) is 9.57 Å². The monoisotopic (exact) mass is 183 g/mol. The molecule has 1 saturated carbocycles. The second-order valence-electron chi connectivity index (χ2n) is 3.98. The number of oxime groups is 1. The van der Waals surface area contributed by atoms with Gasteiger partial charge in [0.2, 0.25) is 0 Å². The Bertz CT molecular complexity index is 195. The molecule has 2 fully saturated rings. The van der Waals surface area contributed by atoms with E-state index in [0.29, 0.717) is 0 Å². The third-order valence-corrected chi connectivity index (χ3v) is 3.14. The molecule has 0 amide bonds. The molecule has 2 aliphatic rings. The fourth-order valence-corrected chi connectivity index (χ4v) is 2.36. The van der Waals surface area contributed by atoms with Crippen molar-refractivity contribution in [1.82, 2.24) is 0 Å². The molecule has 3 nitrogen and oxygen atoms in total. The predicted octanol–water partition coefficient (Wildman–Crippen LogP) is 2.11. The van der Waals surface area contributed by atoms with Crippen molar-refractivity contribution in [3.05, 3.63) is 0 Å². The lowest BCUT2D eigenvalue weighted by Gasteiger charge is -2.32. The largest absolute Gasteiger partial charge is 0.399 e. The molecule has 0 unspecified atom stereocenters. The number of rotatable bonds is 1. The van der Waals surface area contributed by atoms with E-state index < -0.39 is 0 Å². The Morgan fingerprint density at radius 3 is 2.62 bits per heavy atom. The third kappa shape index (κ3) is 1.85. The van der Waals surface area contributed by atoms with Crippen LogP contribution >= 0.6 is 0 Å². The molecule has 0 radical (unpaired) electrons. The molecule has 0 aromatic carbocycles. The van der Waals surface area contributed by atoms with Crippen molar-refractivity contribution in [2.24, 2.45) is 5.16 Å². The summed E-state index contributed by atoms with van der Waals surface area (Å²) in [6.07, 6.45) is 6.84. The maximum Gasteiger partial charge on any atom is 0.106 e. The van der Waals surface area contributed by atoms with Gasteiger partial charge in [-0.2, -0.15) is 0 Å². The number of ether oxygens (including phenoxy) is 1. The second kappa shape index (κ2) is 3.66. The smallest absolute Gasteiger partial charge is 0.106 e. The van der Waals surface area contributed by atoms with Gasteiger partial charge in [0.1, 0.15) is 7.11 Å². The molecule has 13 heavy (non-hydrogen) atoms. The van der Waals surface area contributed by atoms with Gasteiger partial charge in [-0.05, 0) is 38.5 Å². The highest BCUT2D eigenvalue weighted by molar-refractivity contribution is 5.84. The SMILES string of the molecule is CON=C1CCC2(CCCO2)CC1. The predicted molar refractivity (Wildman–Crippen MR) is 50.8 cm³/mol. The first-order chi connectivity index (χ1) is 6.35. The van der Waals surface area contributed by atoms with Crippen LogP contribution in [0.5, 0.6) is 0 Å². The van der Waals surface area contributed by atoms with Gasteiger partial charge < -0.3 is 9.57 Å². The molecular formula is C10H17NO2. The van der Waals surface area contributed by atoms with Crippen molar-refractivity contribution >= 4 is 5.71 Å². The molecule has 1 aliphatic heterocycles. The number of nitrogens with zero attached hydrogens (tertiary/aromatic N) is 1. The summed E-state index contributed by atoms with van der Waals surface area (Å²) in [5.41, 5.74) is 1.41. The highest BCUT2D eigenvalue weighted by atomic mass is 16.6.